The average Bonchev–Trinajstić information content (AvgIpc) is 3.79. The Morgan fingerprint density at radius 1 is 1.06 bits per heavy atom. The van der Waals surface area contributed by atoms with Gasteiger partial charge >= 0.3 is 5.97 Å². The number of aryl methyl sites for hydroxylation is 1. The molecule has 0 spiro atoms. The molecule has 250 valence electrons. The summed E-state index contributed by atoms with van der Waals surface area (Å²) in [7, 11) is 3.08. The van der Waals surface area contributed by atoms with Gasteiger partial charge in [-0.1, -0.05) is 17.3 Å². The van der Waals surface area contributed by atoms with Crippen LogP contribution in [0.25, 0.3) is 32.9 Å². The first-order valence-corrected chi connectivity index (χ1v) is 15.5. The van der Waals surface area contributed by atoms with Crippen LogP contribution in [0.5, 0.6) is 0 Å². The molecule has 1 saturated heterocycles. The number of piperidine rings is 1. The van der Waals surface area contributed by atoms with Crippen LogP contribution in [0.2, 0.25) is 0 Å². The molecule has 48 heavy (non-hydrogen) atoms. The fourth-order valence-electron chi connectivity index (χ4n) is 6.13. The molecule has 0 bridgehead atoms. The van der Waals surface area contributed by atoms with Crippen LogP contribution in [0.15, 0.2) is 42.7 Å². The third-order valence-electron chi connectivity index (χ3n) is 8.61. The molecule has 3 aromatic heterocycles. The molecule has 0 atom stereocenters. The van der Waals surface area contributed by atoms with Crippen LogP contribution in [0.1, 0.15) is 43.0 Å². The molecule has 5 aromatic rings. The largest absolute Gasteiger partial charge is 0.468 e. The Bertz CT molecular complexity index is 2020. The maximum Gasteiger partial charge on any atom is 0.327 e. The number of rotatable bonds is 11. The zero-order chi connectivity index (χ0) is 33.9. The standard InChI is InChI=1S/C32H35FN10O5/c1-40-26-13-23(24(33)12-20(26)14-36-40)22-4-3-5-25-31(22)32(19-8-10-41(11-9-19)29(46)7-6-27(34)44)38-43(25)17-28(45)35-15-21-16-42(39-37-21)18-30(47)48-2/h3-5,12-14,16,19H,6-11,15,17-18H2,1-2H3,(H2,34,44)(H,35,45). The fraction of sp³-hybridized carbons (Fsp3) is 0.375. The molecule has 0 saturated carbocycles. The van der Waals surface area contributed by atoms with E-state index >= 15 is 4.39 Å². The maximum atomic E-state index is 15.7. The SMILES string of the molecule is COC(=O)Cn1cc(CNC(=O)Cn2nc(C3CCN(C(=O)CCC(N)=O)CC3)c3c(-c4cc5c(cnn5C)cc4F)cccc32)nn1. The van der Waals surface area contributed by atoms with E-state index in [0.717, 1.165) is 10.9 Å². The lowest BCUT2D eigenvalue weighted by Crippen LogP contribution is -2.38. The van der Waals surface area contributed by atoms with E-state index in [0.29, 0.717) is 59.3 Å². The number of nitrogens with zero attached hydrogens (tertiary/aromatic N) is 8. The number of hydrogen-bond acceptors (Lipinski definition) is 9. The van der Waals surface area contributed by atoms with E-state index in [1.54, 1.807) is 39.8 Å². The van der Waals surface area contributed by atoms with Crippen molar-refractivity contribution in [2.75, 3.05) is 20.2 Å². The van der Waals surface area contributed by atoms with Gasteiger partial charge in [-0.3, -0.25) is 28.5 Å². The van der Waals surface area contributed by atoms with E-state index in [4.69, 9.17) is 10.8 Å². The Morgan fingerprint density at radius 2 is 1.85 bits per heavy atom. The van der Waals surface area contributed by atoms with Gasteiger partial charge in [0.15, 0.2) is 0 Å². The summed E-state index contributed by atoms with van der Waals surface area (Å²) in [5.74, 6) is -1.95. The number of methoxy groups -OCH3 is 1. The van der Waals surface area contributed by atoms with Crippen LogP contribution in [0.4, 0.5) is 4.39 Å². The van der Waals surface area contributed by atoms with Crippen molar-refractivity contribution in [1.82, 2.24) is 44.8 Å². The summed E-state index contributed by atoms with van der Waals surface area (Å²) in [6.45, 7) is 0.784. The molecule has 15 nitrogen and oxygen atoms in total. The van der Waals surface area contributed by atoms with Crippen molar-refractivity contribution in [2.45, 2.75) is 51.2 Å². The second-order valence-corrected chi connectivity index (χ2v) is 11.8. The summed E-state index contributed by atoms with van der Waals surface area (Å²) in [5, 5.41) is 21.3. The third-order valence-corrected chi connectivity index (χ3v) is 8.61. The lowest BCUT2D eigenvalue weighted by atomic mass is 9.88. The fourth-order valence-corrected chi connectivity index (χ4v) is 6.13. The van der Waals surface area contributed by atoms with Gasteiger partial charge in [0.1, 0.15) is 24.6 Å². The van der Waals surface area contributed by atoms with Crippen molar-refractivity contribution in [1.29, 1.82) is 0 Å². The van der Waals surface area contributed by atoms with Crippen molar-refractivity contribution < 1.29 is 28.3 Å². The minimum absolute atomic E-state index is 0.00229. The van der Waals surface area contributed by atoms with Crippen molar-refractivity contribution in [3.05, 3.63) is 59.9 Å². The number of benzene rings is 2. The number of nitrogens with two attached hydrogens (primary N) is 1. The number of aromatic nitrogens is 7. The van der Waals surface area contributed by atoms with Gasteiger partial charge in [-0.25, -0.2) is 9.07 Å². The van der Waals surface area contributed by atoms with E-state index in [1.165, 1.54) is 17.9 Å². The summed E-state index contributed by atoms with van der Waals surface area (Å²) in [6, 6.07) is 8.74. The number of carbonyl (C=O) groups excluding carboxylic acids is 4. The first kappa shape index (κ1) is 32.3. The van der Waals surface area contributed by atoms with Crippen molar-refractivity contribution in [3.8, 4) is 11.1 Å². The summed E-state index contributed by atoms with van der Waals surface area (Å²) in [5.41, 5.74) is 8.85. The van der Waals surface area contributed by atoms with Gasteiger partial charge in [-0.05, 0) is 36.6 Å². The smallest absolute Gasteiger partial charge is 0.327 e. The van der Waals surface area contributed by atoms with Crippen LogP contribution in [-0.4, -0.2) is 83.3 Å². The van der Waals surface area contributed by atoms with Gasteiger partial charge in [-0.15, -0.1) is 5.10 Å². The van der Waals surface area contributed by atoms with Crippen molar-refractivity contribution >= 4 is 45.5 Å². The lowest BCUT2D eigenvalue weighted by molar-refractivity contribution is -0.141. The molecule has 3 N–H and O–H groups in total. The van der Waals surface area contributed by atoms with Gasteiger partial charge in [-0.2, -0.15) is 10.2 Å². The van der Waals surface area contributed by atoms with E-state index in [-0.39, 0.29) is 50.2 Å². The van der Waals surface area contributed by atoms with Gasteiger partial charge in [0.25, 0.3) is 0 Å². The zero-order valence-corrected chi connectivity index (χ0v) is 26.6. The quantitative estimate of drug-likeness (QED) is 0.200. The topological polar surface area (TPSA) is 185 Å². The minimum atomic E-state index is -0.520. The number of esters is 1. The van der Waals surface area contributed by atoms with Gasteiger partial charge in [0.2, 0.25) is 17.7 Å². The summed E-state index contributed by atoms with van der Waals surface area (Å²) in [4.78, 5) is 50.3. The number of hydrogen-bond donors (Lipinski definition) is 2. The molecule has 0 radical (unpaired) electrons. The average molecular weight is 659 g/mol. The van der Waals surface area contributed by atoms with Gasteiger partial charge in [0, 0.05) is 55.2 Å². The molecule has 2 aromatic carbocycles. The highest BCUT2D eigenvalue weighted by Crippen LogP contribution is 2.39. The predicted octanol–water partition coefficient (Wildman–Crippen LogP) is 1.78. The molecular weight excluding hydrogens is 623 g/mol. The second-order valence-electron chi connectivity index (χ2n) is 11.8. The molecule has 6 rings (SSSR count). The number of amides is 3. The first-order chi connectivity index (χ1) is 23.1. The number of ether oxygens (including phenoxy) is 1. The van der Waals surface area contributed by atoms with Crippen LogP contribution < -0.4 is 11.1 Å². The number of fused-ring (bicyclic) bond motifs is 2. The van der Waals surface area contributed by atoms with Crippen LogP contribution in [-0.2, 0) is 50.6 Å². The molecule has 1 aliphatic heterocycles. The van der Waals surface area contributed by atoms with Crippen molar-refractivity contribution in [2.24, 2.45) is 12.8 Å². The molecule has 4 heterocycles. The second kappa shape index (κ2) is 13.6. The van der Waals surface area contributed by atoms with E-state index in [2.05, 4.69) is 25.5 Å². The van der Waals surface area contributed by atoms with E-state index < -0.39 is 17.7 Å². The normalized spacial score (nSPS) is 13.7. The highest BCUT2D eigenvalue weighted by molar-refractivity contribution is 6.00. The highest BCUT2D eigenvalue weighted by Gasteiger charge is 2.29. The summed E-state index contributed by atoms with van der Waals surface area (Å²) < 4.78 is 25.0. The molecule has 1 aliphatic rings. The Morgan fingerprint density at radius 3 is 2.60 bits per heavy atom. The first-order valence-electron chi connectivity index (χ1n) is 15.5. The van der Waals surface area contributed by atoms with E-state index in [1.807, 2.05) is 18.2 Å². The molecule has 1 fully saturated rings. The van der Waals surface area contributed by atoms with Gasteiger partial charge < -0.3 is 20.7 Å². The minimum Gasteiger partial charge on any atom is -0.468 e. The van der Waals surface area contributed by atoms with Crippen LogP contribution >= 0.6 is 0 Å². The maximum absolute atomic E-state index is 15.7. The van der Waals surface area contributed by atoms with Crippen LogP contribution in [0.3, 0.4) is 0 Å². The summed E-state index contributed by atoms with van der Waals surface area (Å²) >= 11 is 0. The van der Waals surface area contributed by atoms with Gasteiger partial charge in [0.05, 0.1) is 42.8 Å². The monoisotopic (exact) mass is 658 g/mol. The molecule has 3 amide bonds. The van der Waals surface area contributed by atoms with Crippen molar-refractivity contribution in [3.63, 3.8) is 0 Å². The Hall–Kier alpha value is -5.67. The zero-order valence-electron chi connectivity index (χ0n) is 26.6. The number of carbonyl (C=O) groups is 4. The molecular formula is C32H35FN10O5. The number of likely N-dealkylation sites (tertiary alicyclic amines) is 1. The summed E-state index contributed by atoms with van der Waals surface area (Å²) in [6.07, 6.45) is 4.41. The Balaban J connectivity index is 1.29. The molecule has 16 heteroatoms. The van der Waals surface area contributed by atoms with E-state index in [9.17, 15) is 19.2 Å². The Kier molecular flexibility index (Phi) is 9.14. The lowest BCUT2D eigenvalue weighted by Gasteiger charge is -2.31. The third kappa shape index (κ3) is 6.72. The number of nitrogens with one attached hydrogen (secondary N) is 1. The number of halogens is 1. The Labute approximate surface area is 273 Å². The molecule has 0 aliphatic carbocycles. The van der Waals surface area contributed by atoms with Crippen LogP contribution in [0, 0.1) is 5.82 Å². The highest BCUT2D eigenvalue weighted by atomic mass is 19.1. The molecule has 0 unspecified atom stereocenters. The number of primary amides is 1. The predicted molar refractivity (Wildman–Crippen MR) is 170 cm³/mol.